The summed E-state index contributed by atoms with van der Waals surface area (Å²) in [7, 11) is 3.13. The highest BCUT2D eigenvalue weighted by Crippen LogP contribution is 2.28. The summed E-state index contributed by atoms with van der Waals surface area (Å²) in [6.07, 6.45) is 3.24. The van der Waals surface area contributed by atoms with Crippen LogP contribution in [0.5, 0.6) is 11.5 Å². The van der Waals surface area contributed by atoms with Crippen molar-refractivity contribution in [3.8, 4) is 22.2 Å². The van der Waals surface area contributed by atoms with Crippen LogP contribution in [0.15, 0.2) is 52.0 Å². The Morgan fingerprint density at radius 1 is 1.21 bits per heavy atom. The van der Waals surface area contributed by atoms with Gasteiger partial charge in [-0.3, -0.25) is 9.78 Å². The van der Waals surface area contributed by atoms with Crippen LogP contribution in [-0.4, -0.2) is 47.3 Å². The van der Waals surface area contributed by atoms with Gasteiger partial charge < -0.3 is 9.47 Å². The molecule has 3 rings (SSSR count). The number of nitrogens with zero attached hydrogens (tertiary/aromatic N) is 4. The number of hydrazone groups is 1. The first-order chi connectivity index (χ1) is 13.7. The molecule has 0 atom stereocenters. The standard InChI is InChI=1S/C18H17N5O3S2/c1-25-14-7-6-12(9-15(14)26-2)10-20-21-16(24)11-27-18-23-22-17(28-18)13-5-3-4-8-19-13/h3-10H,11H2,1-2H3,(H,21,24)/b20-10+. The van der Waals surface area contributed by atoms with Crippen LogP contribution < -0.4 is 14.9 Å². The van der Waals surface area contributed by atoms with Gasteiger partial charge in [0.05, 0.1) is 26.2 Å². The van der Waals surface area contributed by atoms with E-state index in [1.807, 2.05) is 24.3 Å². The molecule has 1 aromatic carbocycles. The minimum atomic E-state index is -0.240. The number of methoxy groups -OCH3 is 2. The molecule has 0 spiro atoms. The maximum Gasteiger partial charge on any atom is 0.250 e. The molecule has 3 aromatic rings. The number of amides is 1. The number of hydrogen-bond acceptors (Lipinski definition) is 9. The van der Waals surface area contributed by atoms with E-state index in [4.69, 9.17) is 9.47 Å². The van der Waals surface area contributed by atoms with Crippen molar-refractivity contribution in [2.24, 2.45) is 5.10 Å². The van der Waals surface area contributed by atoms with Gasteiger partial charge in [-0.2, -0.15) is 5.10 Å². The lowest BCUT2D eigenvalue weighted by molar-refractivity contribution is -0.118. The number of nitrogens with one attached hydrogen (secondary N) is 1. The van der Waals surface area contributed by atoms with E-state index in [0.717, 1.165) is 16.3 Å². The SMILES string of the molecule is COc1ccc(/C=N/NC(=O)CSc2nnc(-c3ccccn3)s2)cc1OC. The third kappa shape index (κ3) is 5.27. The van der Waals surface area contributed by atoms with Crippen LogP contribution >= 0.6 is 23.1 Å². The van der Waals surface area contributed by atoms with Crippen LogP contribution in [0.2, 0.25) is 0 Å². The van der Waals surface area contributed by atoms with E-state index in [-0.39, 0.29) is 11.7 Å². The third-order valence-corrected chi connectivity index (χ3v) is 5.51. The van der Waals surface area contributed by atoms with Gasteiger partial charge in [-0.05, 0) is 35.9 Å². The van der Waals surface area contributed by atoms with Gasteiger partial charge >= 0.3 is 0 Å². The van der Waals surface area contributed by atoms with E-state index >= 15 is 0 Å². The minimum Gasteiger partial charge on any atom is -0.493 e. The quantitative estimate of drug-likeness (QED) is 0.343. The molecule has 28 heavy (non-hydrogen) atoms. The monoisotopic (exact) mass is 415 g/mol. The zero-order valence-electron chi connectivity index (χ0n) is 15.2. The Bertz CT molecular complexity index is 963. The van der Waals surface area contributed by atoms with Crippen molar-refractivity contribution in [2.45, 2.75) is 4.34 Å². The molecule has 0 aliphatic rings. The van der Waals surface area contributed by atoms with E-state index in [1.165, 1.54) is 29.3 Å². The van der Waals surface area contributed by atoms with Gasteiger partial charge in [-0.25, -0.2) is 5.43 Å². The van der Waals surface area contributed by atoms with Gasteiger partial charge in [-0.1, -0.05) is 29.2 Å². The number of pyridine rings is 1. The third-order valence-electron chi connectivity index (χ3n) is 3.43. The van der Waals surface area contributed by atoms with Crippen molar-refractivity contribution in [1.29, 1.82) is 0 Å². The summed E-state index contributed by atoms with van der Waals surface area (Å²) >= 11 is 2.69. The molecule has 0 saturated carbocycles. The average molecular weight is 416 g/mol. The number of benzene rings is 1. The van der Waals surface area contributed by atoms with Gasteiger partial charge in [0, 0.05) is 6.20 Å². The smallest absolute Gasteiger partial charge is 0.250 e. The Balaban J connectivity index is 1.50. The fourth-order valence-electron chi connectivity index (χ4n) is 2.13. The normalized spacial score (nSPS) is 10.8. The largest absolute Gasteiger partial charge is 0.493 e. The van der Waals surface area contributed by atoms with E-state index in [1.54, 1.807) is 32.5 Å². The number of carbonyl (C=O) groups is 1. The van der Waals surface area contributed by atoms with E-state index < -0.39 is 0 Å². The molecule has 0 aliphatic carbocycles. The van der Waals surface area contributed by atoms with Crippen LogP contribution in [0.3, 0.4) is 0 Å². The minimum absolute atomic E-state index is 0.181. The van der Waals surface area contributed by atoms with E-state index in [9.17, 15) is 4.79 Å². The number of hydrogen-bond donors (Lipinski definition) is 1. The Morgan fingerprint density at radius 3 is 2.82 bits per heavy atom. The topological polar surface area (TPSA) is 98.6 Å². The predicted octanol–water partition coefficient (Wildman–Crippen LogP) is 2.86. The lowest BCUT2D eigenvalue weighted by Crippen LogP contribution is -2.19. The van der Waals surface area contributed by atoms with Crippen LogP contribution in [0.1, 0.15) is 5.56 Å². The number of thioether (sulfide) groups is 1. The lowest BCUT2D eigenvalue weighted by Gasteiger charge is -2.07. The van der Waals surface area contributed by atoms with E-state index in [2.05, 4.69) is 25.7 Å². The number of carbonyl (C=O) groups excluding carboxylic acids is 1. The summed E-state index contributed by atoms with van der Waals surface area (Å²) in [5, 5.41) is 12.9. The maximum absolute atomic E-state index is 12.0. The average Bonchev–Trinajstić information content (AvgIpc) is 3.22. The Kier molecular flexibility index (Phi) is 6.93. The van der Waals surface area contributed by atoms with Crippen molar-refractivity contribution in [3.63, 3.8) is 0 Å². The molecule has 0 fully saturated rings. The molecular weight excluding hydrogens is 398 g/mol. The molecule has 0 radical (unpaired) electrons. The second kappa shape index (κ2) is 9.81. The summed E-state index contributed by atoms with van der Waals surface area (Å²) in [4.78, 5) is 16.2. The highest BCUT2D eigenvalue weighted by Gasteiger charge is 2.10. The van der Waals surface area contributed by atoms with Crippen LogP contribution in [-0.2, 0) is 4.79 Å². The summed E-state index contributed by atoms with van der Waals surface area (Å²) in [5.74, 6) is 1.16. The molecule has 144 valence electrons. The summed E-state index contributed by atoms with van der Waals surface area (Å²) in [6.45, 7) is 0. The molecule has 1 N–H and O–H groups in total. The van der Waals surface area contributed by atoms with Gasteiger partial charge in [0.1, 0.15) is 5.69 Å². The Morgan fingerprint density at radius 2 is 2.07 bits per heavy atom. The second-order valence-corrected chi connectivity index (χ2v) is 7.48. The van der Waals surface area contributed by atoms with Crippen molar-refractivity contribution < 1.29 is 14.3 Å². The van der Waals surface area contributed by atoms with Gasteiger partial charge in [-0.15, -0.1) is 10.2 Å². The molecule has 8 nitrogen and oxygen atoms in total. The van der Waals surface area contributed by atoms with Crippen molar-refractivity contribution >= 4 is 35.2 Å². The van der Waals surface area contributed by atoms with Crippen LogP contribution in [0.25, 0.3) is 10.7 Å². The fraction of sp³-hybridized carbons (Fsp3) is 0.167. The van der Waals surface area contributed by atoms with Gasteiger partial charge in [0.15, 0.2) is 20.8 Å². The Labute approximate surface area is 170 Å². The molecule has 0 unspecified atom stereocenters. The summed E-state index contributed by atoms with van der Waals surface area (Å²) in [6, 6.07) is 10.9. The first kappa shape index (κ1) is 19.8. The molecule has 2 aromatic heterocycles. The number of aromatic nitrogens is 3. The lowest BCUT2D eigenvalue weighted by atomic mass is 10.2. The van der Waals surface area contributed by atoms with Gasteiger partial charge in [0.2, 0.25) is 0 Å². The maximum atomic E-state index is 12.0. The molecule has 0 bridgehead atoms. The van der Waals surface area contributed by atoms with Crippen molar-refractivity contribution in [1.82, 2.24) is 20.6 Å². The van der Waals surface area contributed by atoms with Crippen LogP contribution in [0, 0.1) is 0 Å². The van der Waals surface area contributed by atoms with Crippen molar-refractivity contribution in [3.05, 3.63) is 48.2 Å². The summed E-state index contributed by atoms with van der Waals surface area (Å²) < 4.78 is 11.1. The van der Waals surface area contributed by atoms with E-state index in [0.29, 0.717) is 15.8 Å². The molecule has 1 amide bonds. The fourth-order valence-corrected chi connectivity index (χ4v) is 3.75. The zero-order chi connectivity index (χ0) is 19.8. The second-order valence-electron chi connectivity index (χ2n) is 5.28. The first-order valence-corrected chi connectivity index (χ1v) is 9.91. The Hall–Kier alpha value is -2.98. The van der Waals surface area contributed by atoms with Crippen molar-refractivity contribution in [2.75, 3.05) is 20.0 Å². The molecule has 0 saturated heterocycles. The molecule has 0 aliphatic heterocycles. The van der Waals surface area contributed by atoms with Crippen LogP contribution in [0.4, 0.5) is 0 Å². The molecule has 2 heterocycles. The number of ether oxygens (including phenoxy) is 2. The highest BCUT2D eigenvalue weighted by atomic mass is 32.2. The summed E-state index contributed by atoms with van der Waals surface area (Å²) in [5.41, 5.74) is 4.02. The van der Waals surface area contributed by atoms with Gasteiger partial charge in [0.25, 0.3) is 5.91 Å². The zero-order valence-corrected chi connectivity index (χ0v) is 16.8. The molecular formula is C18H17N5O3S2. The highest BCUT2D eigenvalue weighted by molar-refractivity contribution is 8.01. The predicted molar refractivity (Wildman–Crippen MR) is 109 cm³/mol. The first-order valence-electron chi connectivity index (χ1n) is 8.11. The molecule has 10 heteroatoms. The number of rotatable bonds is 8.